The second kappa shape index (κ2) is 8.70. The van der Waals surface area contributed by atoms with Crippen molar-refractivity contribution in [2.24, 2.45) is 0 Å². The lowest BCUT2D eigenvalue weighted by molar-refractivity contribution is 0.324. The normalized spacial score (nSPS) is 10.9. The standard InChI is InChI=1S/C25H20N4O5/c1-31-19-13-15(14-20(32-2)22(19)33-3)23-26-24(34-28-23)21-17-11-7-8-12-18(17)25(30)29(27-21)16-9-5-4-6-10-16/h4-14H,1-3H3. The third-order valence-electron chi connectivity index (χ3n) is 5.36. The van der Waals surface area contributed by atoms with Crippen molar-refractivity contribution in [2.45, 2.75) is 0 Å². The van der Waals surface area contributed by atoms with Gasteiger partial charge in [0.05, 0.1) is 32.4 Å². The summed E-state index contributed by atoms with van der Waals surface area (Å²) in [4.78, 5) is 17.7. The van der Waals surface area contributed by atoms with E-state index < -0.39 is 0 Å². The Bertz CT molecular complexity index is 1520. The fourth-order valence-electron chi connectivity index (χ4n) is 3.74. The highest BCUT2D eigenvalue weighted by Gasteiger charge is 2.21. The van der Waals surface area contributed by atoms with Crippen molar-refractivity contribution >= 4 is 10.8 Å². The van der Waals surface area contributed by atoms with Crippen LogP contribution in [0.1, 0.15) is 0 Å². The summed E-state index contributed by atoms with van der Waals surface area (Å²) in [6, 6.07) is 19.8. The van der Waals surface area contributed by atoms with Crippen molar-refractivity contribution in [2.75, 3.05) is 21.3 Å². The summed E-state index contributed by atoms with van der Waals surface area (Å²) in [5.41, 5.74) is 1.38. The average molecular weight is 456 g/mol. The molecule has 0 aliphatic rings. The fourth-order valence-corrected chi connectivity index (χ4v) is 3.74. The van der Waals surface area contributed by atoms with Crippen LogP contribution in [0, 0.1) is 0 Å². The van der Waals surface area contributed by atoms with Gasteiger partial charge in [0.15, 0.2) is 17.2 Å². The van der Waals surface area contributed by atoms with Crippen LogP contribution in [0.4, 0.5) is 0 Å². The van der Waals surface area contributed by atoms with Crippen molar-refractivity contribution in [3.05, 3.63) is 77.1 Å². The van der Waals surface area contributed by atoms with Gasteiger partial charge in [-0.1, -0.05) is 41.6 Å². The second-order valence-corrected chi connectivity index (χ2v) is 7.28. The number of nitrogens with zero attached hydrogens (tertiary/aromatic N) is 4. The van der Waals surface area contributed by atoms with Crippen molar-refractivity contribution in [1.29, 1.82) is 0 Å². The summed E-state index contributed by atoms with van der Waals surface area (Å²) >= 11 is 0. The van der Waals surface area contributed by atoms with E-state index in [9.17, 15) is 4.79 Å². The van der Waals surface area contributed by atoms with E-state index in [1.54, 1.807) is 30.3 Å². The largest absolute Gasteiger partial charge is 0.493 e. The van der Waals surface area contributed by atoms with Gasteiger partial charge >= 0.3 is 0 Å². The Labute approximate surface area is 194 Å². The predicted octanol–water partition coefficient (Wildman–Crippen LogP) is 4.13. The van der Waals surface area contributed by atoms with Crippen LogP contribution < -0.4 is 19.8 Å². The van der Waals surface area contributed by atoms with Crippen molar-refractivity contribution in [1.82, 2.24) is 19.9 Å². The Morgan fingerprint density at radius 3 is 2.12 bits per heavy atom. The monoisotopic (exact) mass is 456 g/mol. The molecule has 0 atom stereocenters. The smallest absolute Gasteiger partial charge is 0.279 e. The summed E-state index contributed by atoms with van der Waals surface area (Å²) in [6.07, 6.45) is 0. The lowest BCUT2D eigenvalue weighted by Crippen LogP contribution is -2.22. The maximum absolute atomic E-state index is 13.1. The molecule has 0 aliphatic heterocycles. The van der Waals surface area contributed by atoms with E-state index in [0.29, 0.717) is 50.8 Å². The molecule has 0 N–H and O–H groups in total. The van der Waals surface area contributed by atoms with E-state index in [1.807, 2.05) is 36.4 Å². The number of para-hydroxylation sites is 1. The molecule has 0 fully saturated rings. The first-order valence-corrected chi connectivity index (χ1v) is 10.4. The van der Waals surface area contributed by atoms with Crippen LogP contribution in [-0.2, 0) is 0 Å². The molecule has 3 aromatic carbocycles. The molecule has 9 nitrogen and oxygen atoms in total. The number of aromatic nitrogens is 4. The molecule has 2 heterocycles. The van der Waals surface area contributed by atoms with E-state index in [0.717, 1.165) is 0 Å². The molecule has 34 heavy (non-hydrogen) atoms. The quantitative estimate of drug-likeness (QED) is 0.376. The average Bonchev–Trinajstić information content (AvgIpc) is 3.39. The molecular weight excluding hydrogens is 436 g/mol. The molecule has 0 saturated carbocycles. The molecular formula is C25H20N4O5. The first kappa shape index (κ1) is 21.2. The van der Waals surface area contributed by atoms with Crippen LogP contribution in [0.2, 0.25) is 0 Å². The Morgan fingerprint density at radius 2 is 1.47 bits per heavy atom. The Balaban J connectivity index is 1.68. The molecule has 0 unspecified atom stereocenters. The number of methoxy groups -OCH3 is 3. The van der Waals surface area contributed by atoms with Crippen molar-refractivity contribution < 1.29 is 18.7 Å². The number of rotatable bonds is 6. The molecule has 0 bridgehead atoms. The fraction of sp³-hybridized carbons (Fsp3) is 0.120. The lowest BCUT2D eigenvalue weighted by Gasteiger charge is -2.12. The SMILES string of the molecule is COc1cc(-c2noc(-c3nn(-c4ccccc4)c(=O)c4ccccc34)n2)cc(OC)c1OC. The highest BCUT2D eigenvalue weighted by molar-refractivity contribution is 5.92. The molecule has 5 rings (SSSR count). The van der Waals surface area contributed by atoms with Crippen LogP contribution >= 0.6 is 0 Å². The first-order valence-electron chi connectivity index (χ1n) is 10.4. The van der Waals surface area contributed by atoms with Gasteiger partial charge in [-0.2, -0.15) is 14.8 Å². The highest BCUT2D eigenvalue weighted by atomic mass is 16.5. The molecule has 0 spiro atoms. The third-order valence-corrected chi connectivity index (χ3v) is 5.36. The van der Waals surface area contributed by atoms with Gasteiger partial charge in [-0.3, -0.25) is 4.79 Å². The Hall–Kier alpha value is -4.66. The number of benzene rings is 3. The number of fused-ring (bicyclic) bond motifs is 1. The van der Waals surface area contributed by atoms with Crippen LogP contribution in [0.15, 0.2) is 76.0 Å². The minimum Gasteiger partial charge on any atom is -0.493 e. The van der Waals surface area contributed by atoms with Gasteiger partial charge in [-0.25, -0.2) is 0 Å². The summed E-state index contributed by atoms with van der Waals surface area (Å²) in [6.45, 7) is 0. The maximum atomic E-state index is 13.1. The van der Waals surface area contributed by atoms with Gasteiger partial charge in [0.25, 0.3) is 11.4 Å². The van der Waals surface area contributed by atoms with E-state index in [-0.39, 0.29) is 11.4 Å². The zero-order valence-electron chi connectivity index (χ0n) is 18.7. The molecule has 0 radical (unpaired) electrons. The van der Waals surface area contributed by atoms with Gasteiger partial charge in [0, 0.05) is 10.9 Å². The number of hydrogen-bond donors (Lipinski definition) is 0. The minimum absolute atomic E-state index is 0.171. The molecule has 0 aliphatic carbocycles. The Morgan fingerprint density at radius 1 is 0.824 bits per heavy atom. The van der Waals surface area contributed by atoms with Gasteiger partial charge in [0.1, 0.15) is 0 Å². The molecule has 5 aromatic rings. The Kier molecular flexibility index (Phi) is 5.43. The topological polar surface area (TPSA) is 102 Å². The molecule has 0 amide bonds. The second-order valence-electron chi connectivity index (χ2n) is 7.28. The maximum Gasteiger partial charge on any atom is 0.279 e. The van der Waals surface area contributed by atoms with Crippen LogP contribution in [0.3, 0.4) is 0 Å². The third kappa shape index (κ3) is 3.53. The van der Waals surface area contributed by atoms with E-state index in [2.05, 4.69) is 15.2 Å². The molecule has 0 saturated heterocycles. The summed E-state index contributed by atoms with van der Waals surface area (Å²) in [5, 5.41) is 9.82. The molecule has 9 heteroatoms. The highest BCUT2D eigenvalue weighted by Crippen LogP contribution is 2.41. The summed E-state index contributed by atoms with van der Waals surface area (Å²) < 4.78 is 23.2. The zero-order valence-corrected chi connectivity index (χ0v) is 18.7. The van der Waals surface area contributed by atoms with E-state index in [1.165, 1.54) is 26.0 Å². The molecule has 2 aromatic heterocycles. The summed E-state index contributed by atoms with van der Waals surface area (Å²) in [5.74, 6) is 1.86. The van der Waals surface area contributed by atoms with Gasteiger partial charge in [0.2, 0.25) is 11.6 Å². The molecule has 170 valence electrons. The van der Waals surface area contributed by atoms with E-state index >= 15 is 0 Å². The predicted molar refractivity (Wildman–Crippen MR) is 126 cm³/mol. The van der Waals surface area contributed by atoms with Crippen LogP contribution in [0.5, 0.6) is 17.2 Å². The first-order chi connectivity index (χ1) is 16.6. The van der Waals surface area contributed by atoms with Crippen LogP contribution in [-0.4, -0.2) is 41.3 Å². The van der Waals surface area contributed by atoms with Crippen molar-refractivity contribution in [3.63, 3.8) is 0 Å². The number of ether oxygens (including phenoxy) is 3. The van der Waals surface area contributed by atoms with Gasteiger partial charge < -0.3 is 18.7 Å². The summed E-state index contributed by atoms with van der Waals surface area (Å²) in [7, 11) is 4.60. The van der Waals surface area contributed by atoms with Gasteiger partial charge in [-0.05, 0) is 30.3 Å². The lowest BCUT2D eigenvalue weighted by atomic mass is 10.1. The van der Waals surface area contributed by atoms with Gasteiger partial charge in [-0.15, -0.1) is 0 Å². The minimum atomic E-state index is -0.241. The van der Waals surface area contributed by atoms with E-state index in [4.69, 9.17) is 18.7 Å². The zero-order chi connectivity index (χ0) is 23.7. The number of hydrogen-bond acceptors (Lipinski definition) is 8. The van der Waals surface area contributed by atoms with Crippen molar-refractivity contribution in [3.8, 4) is 45.9 Å². The van der Waals surface area contributed by atoms with Crippen LogP contribution in [0.25, 0.3) is 39.4 Å².